The van der Waals surface area contributed by atoms with Gasteiger partial charge < -0.3 is 9.52 Å². The summed E-state index contributed by atoms with van der Waals surface area (Å²) in [7, 11) is 1.32. The van der Waals surface area contributed by atoms with Gasteiger partial charge in [0.05, 0.1) is 17.8 Å². The second-order valence-electron chi connectivity index (χ2n) is 8.31. The van der Waals surface area contributed by atoms with Gasteiger partial charge >= 0.3 is 0 Å². The molecule has 0 radical (unpaired) electrons. The Morgan fingerprint density at radius 2 is 1.90 bits per heavy atom. The van der Waals surface area contributed by atoms with Crippen molar-refractivity contribution in [1.29, 1.82) is 0 Å². The van der Waals surface area contributed by atoms with Gasteiger partial charge in [-0.05, 0) is 30.9 Å². The van der Waals surface area contributed by atoms with Crippen LogP contribution in [0.1, 0.15) is 30.3 Å². The van der Waals surface area contributed by atoms with E-state index in [4.69, 9.17) is 27.6 Å². The smallest absolute Gasteiger partial charge is 0.253 e. The van der Waals surface area contributed by atoms with Crippen molar-refractivity contribution in [3.63, 3.8) is 0 Å². The van der Waals surface area contributed by atoms with Crippen molar-refractivity contribution in [2.24, 2.45) is 17.8 Å². The number of nitrogens with zero attached hydrogens (tertiary/aromatic N) is 1. The second-order valence-corrected chi connectivity index (χ2v) is 9.56. The minimum Gasteiger partial charge on any atom is -0.463 e. The lowest BCUT2D eigenvalue weighted by atomic mass is 9.57. The molecule has 10 heteroatoms. The predicted octanol–water partition coefficient (Wildman–Crippen LogP) is 1.05. The molecular weight excluding hydrogens is 435 g/mol. The molecule has 6 atom stereocenters. The lowest BCUT2D eigenvalue weighted by Crippen LogP contribution is -2.60. The van der Waals surface area contributed by atoms with Crippen LogP contribution >= 0.6 is 23.2 Å². The molecule has 6 unspecified atom stereocenters. The van der Waals surface area contributed by atoms with Gasteiger partial charge in [-0.25, -0.2) is 0 Å². The average Bonchev–Trinajstić information content (AvgIpc) is 3.34. The van der Waals surface area contributed by atoms with E-state index >= 15 is 0 Å². The van der Waals surface area contributed by atoms with E-state index in [1.165, 1.54) is 7.05 Å². The highest BCUT2D eigenvalue weighted by atomic mass is 35.5. The van der Waals surface area contributed by atoms with Gasteiger partial charge in [0.15, 0.2) is 9.75 Å². The Balaban J connectivity index is 1.74. The third-order valence-corrected chi connectivity index (χ3v) is 8.39. The van der Waals surface area contributed by atoms with E-state index in [0.29, 0.717) is 12.0 Å². The van der Waals surface area contributed by atoms with E-state index in [0.717, 1.165) is 4.90 Å². The van der Waals surface area contributed by atoms with Crippen molar-refractivity contribution < 1.29 is 28.7 Å². The Labute approximate surface area is 181 Å². The van der Waals surface area contributed by atoms with Crippen LogP contribution in [-0.4, -0.2) is 50.4 Å². The van der Waals surface area contributed by atoms with E-state index in [9.17, 15) is 24.3 Å². The monoisotopic (exact) mass is 452 g/mol. The van der Waals surface area contributed by atoms with Gasteiger partial charge in [0, 0.05) is 7.05 Å². The molecule has 1 aromatic heterocycles. The van der Waals surface area contributed by atoms with E-state index in [1.54, 1.807) is 12.1 Å². The molecule has 1 aromatic rings. The number of aliphatic hydroxyl groups is 1. The molecule has 2 N–H and O–H groups in total. The summed E-state index contributed by atoms with van der Waals surface area (Å²) in [6.07, 6.45) is 2.07. The molecule has 2 saturated heterocycles. The summed E-state index contributed by atoms with van der Waals surface area (Å²) in [6, 6.07) is 3.14. The molecule has 4 aliphatic rings. The summed E-state index contributed by atoms with van der Waals surface area (Å²) in [5, 5.41) is 11.8. The number of carbonyl (C=O) groups excluding carboxylic acids is 4. The summed E-state index contributed by atoms with van der Waals surface area (Å²) < 4.78 is 5.73. The van der Waals surface area contributed by atoms with Crippen LogP contribution in [0.15, 0.2) is 28.2 Å². The highest BCUT2D eigenvalue weighted by molar-refractivity contribution is 6.53. The SMILES string of the molecule is CN1C(=O)C2(Cl)CC3C(=CCC4C(=O)NC(=O)C43)C(c3ccc(CO)o3)C2(Cl)C1=O. The number of fused-ring (bicyclic) bond motifs is 4. The zero-order valence-electron chi connectivity index (χ0n) is 15.9. The third-order valence-electron chi connectivity index (χ3n) is 6.98. The number of imide groups is 2. The van der Waals surface area contributed by atoms with Crippen molar-refractivity contribution >= 4 is 46.8 Å². The Hall–Kier alpha value is -2.16. The highest BCUT2D eigenvalue weighted by Gasteiger charge is 2.76. The van der Waals surface area contributed by atoms with Gasteiger partial charge in [-0.3, -0.25) is 29.4 Å². The van der Waals surface area contributed by atoms with Crippen LogP contribution in [0.25, 0.3) is 0 Å². The normalized spacial score (nSPS) is 40.1. The minimum absolute atomic E-state index is 0.0509. The first-order valence-electron chi connectivity index (χ1n) is 9.59. The Morgan fingerprint density at radius 1 is 1.17 bits per heavy atom. The molecule has 158 valence electrons. The summed E-state index contributed by atoms with van der Waals surface area (Å²) in [5.41, 5.74) is 0.655. The van der Waals surface area contributed by atoms with Gasteiger partial charge in [-0.15, -0.1) is 23.2 Å². The molecule has 4 amide bonds. The fraction of sp³-hybridized carbons (Fsp3) is 0.500. The van der Waals surface area contributed by atoms with Gasteiger partial charge in [-0.1, -0.05) is 11.6 Å². The fourth-order valence-corrected chi connectivity index (χ4v) is 6.60. The maximum Gasteiger partial charge on any atom is 0.253 e. The van der Waals surface area contributed by atoms with Gasteiger partial charge in [-0.2, -0.15) is 0 Å². The highest BCUT2D eigenvalue weighted by Crippen LogP contribution is 2.64. The second kappa shape index (κ2) is 6.18. The maximum absolute atomic E-state index is 13.2. The summed E-state index contributed by atoms with van der Waals surface area (Å²) >= 11 is 13.8. The van der Waals surface area contributed by atoms with Crippen LogP contribution in [0.3, 0.4) is 0 Å². The van der Waals surface area contributed by atoms with E-state index in [1.807, 2.05) is 6.08 Å². The number of hydrogen-bond acceptors (Lipinski definition) is 6. The standard InChI is InChI=1S/C20H18Cl2N2O6/c1-24-17(28)19(21)6-11-9(3-4-10-13(11)16(27)23-15(10)26)14(20(19,22)18(24)29)12-5-2-8(7-25)30-12/h2-3,5,10-11,13-14,25H,4,6-7H2,1H3,(H,23,26,27). The van der Waals surface area contributed by atoms with E-state index in [-0.39, 0.29) is 30.5 Å². The molecule has 5 rings (SSSR count). The number of nitrogens with one attached hydrogen (secondary N) is 1. The van der Waals surface area contributed by atoms with E-state index in [2.05, 4.69) is 5.32 Å². The summed E-state index contributed by atoms with van der Waals surface area (Å²) in [5.74, 6) is -4.26. The van der Waals surface area contributed by atoms with Crippen molar-refractivity contribution in [2.75, 3.05) is 7.05 Å². The first kappa shape index (κ1) is 19.8. The van der Waals surface area contributed by atoms with Crippen molar-refractivity contribution in [3.8, 4) is 0 Å². The number of rotatable bonds is 2. The van der Waals surface area contributed by atoms with Crippen LogP contribution in [0.5, 0.6) is 0 Å². The van der Waals surface area contributed by atoms with Crippen LogP contribution in [-0.2, 0) is 25.8 Å². The maximum atomic E-state index is 13.2. The Morgan fingerprint density at radius 3 is 2.57 bits per heavy atom. The Bertz CT molecular complexity index is 1050. The number of amides is 4. The minimum atomic E-state index is -1.86. The molecule has 0 aromatic carbocycles. The number of allylic oxidation sites excluding steroid dienone is 2. The molecule has 2 aliphatic carbocycles. The van der Waals surface area contributed by atoms with Crippen LogP contribution in [0.2, 0.25) is 0 Å². The number of halogens is 2. The largest absolute Gasteiger partial charge is 0.463 e. The number of furan rings is 1. The van der Waals surface area contributed by atoms with Gasteiger partial charge in [0.25, 0.3) is 11.8 Å². The first-order chi connectivity index (χ1) is 14.1. The molecule has 3 fully saturated rings. The first-order valence-corrected chi connectivity index (χ1v) is 10.3. The van der Waals surface area contributed by atoms with Crippen molar-refractivity contribution in [2.45, 2.75) is 35.1 Å². The quantitative estimate of drug-likeness (QED) is 0.393. The molecule has 8 nitrogen and oxygen atoms in total. The number of alkyl halides is 2. The van der Waals surface area contributed by atoms with Crippen molar-refractivity contribution in [1.82, 2.24) is 10.2 Å². The molecule has 1 saturated carbocycles. The Kier molecular flexibility index (Phi) is 4.08. The zero-order valence-corrected chi connectivity index (χ0v) is 17.4. The fourth-order valence-electron chi connectivity index (χ4n) is 5.60. The van der Waals surface area contributed by atoms with E-state index < -0.39 is 51.1 Å². The van der Waals surface area contributed by atoms with Gasteiger partial charge in [0.1, 0.15) is 18.1 Å². The number of carbonyl (C=O) groups is 4. The lowest BCUT2D eigenvalue weighted by molar-refractivity contribution is -0.138. The van der Waals surface area contributed by atoms with Crippen molar-refractivity contribution in [3.05, 3.63) is 35.3 Å². The lowest BCUT2D eigenvalue weighted by Gasteiger charge is -2.49. The molecule has 0 bridgehead atoms. The van der Waals surface area contributed by atoms with Gasteiger partial charge in [0.2, 0.25) is 11.8 Å². The van der Waals surface area contributed by atoms with Crippen LogP contribution in [0.4, 0.5) is 0 Å². The third kappa shape index (κ3) is 2.16. The topological polar surface area (TPSA) is 117 Å². The van der Waals surface area contributed by atoms with Crippen LogP contribution < -0.4 is 5.32 Å². The zero-order chi connectivity index (χ0) is 21.6. The number of aliphatic hydroxyl groups excluding tert-OH is 1. The predicted molar refractivity (Wildman–Crippen MR) is 103 cm³/mol. The summed E-state index contributed by atoms with van der Waals surface area (Å²) in [4.78, 5) is 48.3. The average molecular weight is 453 g/mol. The molecular formula is C20H18Cl2N2O6. The molecule has 2 aliphatic heterocycles. The molecule has 30 heavy (non-hydrogen) atoms. The number of hydrogen-bond donors (Lipinski definition) is 2. The molecule has 3 heterocycles. The molecule has 0 spiro atoms. The van der Waals surface area contributed by atoms with Crippen LogP contribution in [0, 0.1) is 17.8 Å². The number of likely N-dealkylation sites (tertiary alicyclic amines) is 1. The summed E-state index contributed by atoms with van der Waals surface area (Å²) in [6.45, 7) is -0.356.